The van der Waals surface area contributed by atoms with Gasteiger partial charge in [-0.05, 0) is 0 Å². The van der Waals surface area contributed by atoms with Crippen LogP contribution >= 0.6 is 0 Å². The van der Waals surface area contributed by atoms with Crippen LogP contribution in [0.4, 0.5) is 0 Å². The van der Waals surface area contributed by atoms with Gasteiger partial charge >= 0.3 is 9.28 Å². The van der Waals surface area contributed by atoms with E-state index in [1.807, 2.05) is 30.3 Å². The van der Waals surface area contributed by atoms with Crippen LogP contribution in [-0.2, 0) is 23.7 Å². The van der Waals surface area contributed by atoms with Gasteiger partial charge in [-0.2, -0.15) is 0 Å². The van der Waals surface area contributed by atoms with Gasteiger partial charge in [0, 0.05) is 34.0 Å². The van der Waals surface area contributed by atoms with Crippen molar-refractivity contribution >= 4 is 9.28 Å². The molecular weight excluding hydrogens is 224 g/mol. The van der Waals surface area contributed by atoms with E-state index in [-0.39, 0.29) is 0 Å². The molecule has 0 aliphatic heterocycles. The fraction of sp³-hybridized carbons (Fsp3) is 0.455. The number of hydrogen-bond acceptors (Lipinski definition) is 4. The molecule has 0 saturated carbocycles. The normalized spacial score (nSPS) is 12.1. The molecule has 0 radical (unpaired) electrons. The lowest BCUT2D eigenvalue weighted by molar-refractivity contribution is -0.173. The molecule has 0 fully saturated rings. The standard InChI is InChI=1S/C11H18O4Si/c1-12-11(13-2,16(14-3)15-4)10-8-6-5-7-9-10/h5-9,16H,1-4H3. The van der Waals surface area contributed by atoms with Crippen molar-refractivity contribution in [1.29, 1.82) is 0 Å². The molecule has 1 aromatic carbocycles. The highest BCUT2D eigenvalue weighted by molar-refractivity contribution is 6.47. The van der Waals surface area contributed by atoms with Crippen LogP contribution in [0, 0.1) is 0 Å². The van der Waals surface area contributed by atoms with Gasteiger partial charge in [-0.1, -0.05) is 30.3 Å². The quantitative estimate of drug-likeness (QED) is 0.554. The third-order valence-corrected chi connectivity index (χ3v) is 4.80. The summed E-state index contributed by atoms with van der Waals surface area (Å²) in [6, 6.07) is 9.67. The molecule has 0 amide bonds. The Kier molecular flexibility index (Phi) is 5.10. The topological polar surface area (TPSA) is 36.9 Å². The second-order valence-corrected chi connectivity index (χ2v) is 5.61. The Balaban J connectivity index is 3.14. The molecule has 4 nitrogen and oxygen atoms in total. The summed E-state index contributed by atoms with van der Waals surface area (Å²) < 4.78 is 21.7. The molecule has 16 heavy (non-hydrogen) atoms. The zero-order valence-electron chi connectivity index (χ0n) is 10.1. The zero-order chi connectivity index (χ0) is 12.0. The second-order valence-electron chi connectivity index (χ2n) is 3.25. The lowest BCUT2D eigenvalue weighted by Crippen LogP contribution is -2.49. The molecule has 90 valence electrons. The van der Waals surface area contributed by atoms with Gasteiger partial charge in [-0.15, -0.1) is 0 Å². The molecule has 0 aromatic heterocycles. The second kappa shape index (κ2) is 6.12. The fourth-order valence-electron chi connectivity index (χ4n) is 1.72. The molecule has 1 aromatic rings. The van der Waals surface area contributed by atoms with Crippen LogP contribution in [0.5, 0.6) is 0 Å². The molecule has 5 heteroatoms. The average Bonchev–Trinajstić information content (AvgIpc) is 2.37. The van der Waals surface area contributed by atoms with Crippen molar-refractivity contribution in [2.45, 2.75) is 5.41 Å². The van der Waals surface area contributed by atoms with Crippen molar-refractivity contribution in [1.82, 2.24) is 0 Å². The lowest BCUT2D eigenvalue weighted by atomic mass is 10.2. The summed E-state index contributed by atoms with van der Waals surface area (Å²) in [7, 11) is 4.28. The van der Waals surface area contributed by atoms with Crippen LogP contribution in [0.3, 0.4) is 0 Å². The molecule has 0 saturated heterocycles. The summed E-state index contributed by atoms with van der Waals surface area (Å²) in [5.41, 5.74) is -0.00883. The number of methoxy groups -OCH3 is 2. The number of benzene rings is 1. The number of hydrogen-bond donors (Lipinski definition) is 0. The van der Waals surface area contributed by atoms with Gasteiger partial charge in [0.1, 0.15) is 0 Å². The van der Waals surface area contributed by atoms with Gasteiger partial charge in [0.25, 0.3) is 0 Å². The van der Waals surface area contributed by atoms with E-state index < -0.39 is 14.7 Å². The average molecular weight is 242 g/mol. The van der Waals surface area contributed by atoms with Gasteiger partial charge in [0.05, 0.1) is 0 Å². The van der Waals surface area contributed by atoms with Crippen LogP contribution in [0.25, 0.3) is 0 Å². The Hall–Kier alpha value is -0.723. The van der Waals surface area contributed by atoms with Gasteiger partial charge < -0.3 is 18.3 Å². The van der Waals surface area contributed by atoms with Crippen LogP contribution in [0.15, 0.2) is 30.3 Å². The first kappa shape index (κ1) is 13.3. The van der Waals surface area contributed by atoms with Crippen LogP contribution in [0.2, 0.25) is 0 Å². The first-order valence-corrected chi connectivity index (χ1v) is 6.48. The van der Waals surface area contributed by atoms with Crippen molar-refractivity contribution in [2.75, 3.05) is 28.4 Å². The summed E-state index contributed by atoms with van der Waals surface area (Å²) in [5, 5.41) is 0. The van der Waals surface area contributed by atoms with E-state index >= 15 is 0 Å². The summed E-state index contributed by atoms with van der Waals surface area (Å²) in [6.45, 7) is 0. The van der Waals surface area contributed by atoms with E-state index in [1.54, 1.807) is 28.4 Å². The van der Waals surface area contributed by atoms with Crippen molar-refractivity contribution < 1.29 is 18.3 Å². The first-order chi connectivity index (χ1) is 7.75. The first-order valence-electron chi connectivity index (χ1n) is 4.96. The van der Waals surface area contributed by atoms with E-state index in [2.05, 4.69) is 0 Å². The maximum atomic E-state index is 5.51. The van der Waals surface area contributed by atoms with Crippen LogP contribution in [0.1, 0.15) is 5.56 Å². The molecule has 0 atom stereocenters. The summed E-state index contributed by atoms with van der Waals surface area (Å²) >= 11 is 0. The summed E-state index contributed by atoms with van der Waals surface area (Å²) in [4.78, 5) is 0. The molecule has 0 heterocycles. The lowest BCUT2D eigenvalue weighted by Gasteiger charge is -2.34. The molecule has 1 rings (SSSR count). The van der Waals surface area contributed by atoms with E-state index in [9.17, 15) is 0 Å². The SMILES string of the molecule is CO[SiH](OC)C(OC)(OC)c1ccccc1. The predicted molar refractivity (Wildman–Crippen MR) is 63.3 cm³/mol. The van der Waals surface area contributed by atoms with E-state index in [0.717, 1.165) is 5.56 Å². The summed E-state index contributed by atoms with van der Waals surface area (Å²) in [5.74, 6) is 0. The third kappa shape index (κ3) is 2.33. The van der Waals surface area contributed by atoms with E-state index in [4.69, 9.17) is 18.3 Å². The Bertz CT molecular complexity index is 296. The minimum atomic E-state index is -2.11. The maximum absolute atomic E-state index is 5.51. The highest BCUT2D eigenvalue weighted by Crippen LogP contribution is 2.29. The molecule has 0 N–H and O–H groups in total. The number of rotatable bonds is 6. The highest BCUT2D eigenvalue weighted by Gasteiger charge is 2.45. The maximum Gasteiger partial charge on any atom is 0.389 e. The van der Waals surface area contributed by atoms with Crippen LogP contribution < -0.4 is 0 Å². The zero-order valence-corrected chi connectivity index (χ0v) is 11.3. The molecule has 0 bridgehead atoms. The van der Waals surface area contributed by atoms with E-state index in [0.29, 0.717) is 0 Å². The molecule has 0 unspecified atom stereocenters. The smallest absolute Gasteiger partial charge is 0.389 e. The summed E-state index contributed by atoms with van der Waals surface area (Å²) in [6.07, 6.45) is 0. The Labute approximate surface area is 97.9 Å². The molecule has 0 spiro atoms. The highest BCUT2D eigenvalue weighted by atomic mass is 28.3. The Morgan fingerprint density at radius 3 is 1.75 bits per heavy atom. The van der Waals surface area contributed by atoms with Gasteiger partial charge in [-0.3, -0.25) is 0 Å². The fourth-order valence-corrected chi connectivity index (χ4v) is 3.39. The molecular formula is C11H18O4Si. The predicted octanol–water partition coefficient (Wildman–Crippen LogP) is 1.18. The number of ether oxygens (including phenoxy) is 2. The minimum absolute atomic E-state index is 0.903. The largest absolute Gasteiger partial charge is 0.397 e. The third-order valence-electron chi connectivity index (χ3n) is 2.52. The van der Waals surface area contributed by atoms with Crippen molar-refractivity contribution in [3.63, 3.8) is 0 Å². The van der Waals surface area contributed by atoms with Gasteiger partial charge in [-0.25, -0.2) is 0 Å². The van der Waals surface area contributed by atoms with Crippen molar-refractivity contribution in [3.05, 3.63) is 35.9 Å². The van der Waals surface area contributed by atoms with E-state index in [1.165, 1.54) is 0 Å². The Morgan fingerprint density at radius 2 is 1.38 bits per heavy atom. The minimum Gasteiger partial charge on any atom is -0.397 e. The van der Waals surface area contributed by atoms with Crippen LogP contribution in [-0.4, -0.2) is 37.7 Å². The van der Waals surface area contributed by atoms with Crippen molar-refractivity contribution in [3.8, 4) is 0 Å². The van der Waals surface area contributed by atoms with Gasteiger partial charge in [0.15, 0.2) is 0 Å². The molecule has 0 aliphatic carbocycles. The van der Waals surface area contributed by atoms with Crippen molar-refractivity contribution in [2.24, 2.45) is 0 Å². The molecule has 0 aliphatic rings. The Morgan fingerprint density at radius 1 is 0.875 bits per heavy atom. The van der Waals surface area contributed by atoms with Gasteiger partial charge in [0.2, 0.25) is 5.41 Å². The monoisotopic (exact) mass is 242 g/mol.